The second-order valence-electron chi connectivity index (χ2n) is 6.69. The van der Waals surface area contributed by atoms with Gasteiger partial charge in [-0.25, -0.2) is 4.98 Å². The van der Waals surface area contributed by atoms with Crippen molar-refractivity contribution in [3.05, 3.63) is 57.8 Å². The van der Waals surface area contributed by atoms with Crippen LogP contribution in [0.4, 0.5) is 0 Å². The molecule has 0 radical (unpaired) electrons. The molecule has 1 fully saturated rings. The molecule has 0 N–H and O–H groups in total. The molecule has 7 heteroatoms. The number of carbonyl (C=O) groups is 1. The molecule has 1 aliphatic carbocycles. The number of Topliss-reactive ketones (excluding diaryl/α,β-unsaturated/α-hetero) is 1. The molecule has 0 spiro atoms. The molecule has 5 nitrogen and oxygen atoms in total. The van der Waals surface area contributed by atoms with Crippen molar-refractivity contribution in [2.24, 2.45) is 0 Å². The largest absolute Gasteiger partial charge is 0.495 e. The van der Waals surface area contributed by atoms with Gasteiger partial charge < -0.3 is 4.74 Å². The Morgan fingerprint density at radius 2 is 2.00 bits per heavy atom. The van der Waals surface area contributed by atoms with E-state index in [2.05, 4.69) is 0 Å². The summed E-state index contributed by atoms with van der Waals surface area (Å²) >= 11 is 7.46. The molecule has 2 aromatic carbocycles. The third kappa shape index (κ3) is 3.54. The Bertz CT molecular complexity index is 1110. The summed E-state index contributed by atoms with van der Waals surface area (Å²) < 4.78 is 7.01. The Balaban J connectivity index is 1.95. The van der Waals surface area contributed by atoms with Crippen LogP contribution in [-0.2, 0) is 4.79 Å². The highest BCUT2D eigenvalue weighted by molar-refractivity contribution is 8.00. The normalized spacial score (nSPS) is 17.1. The minimum Gasteiger partial charge on any atom is -0.495 e. The van der Waals surface area contributed by atoms with Crippen molar-refractivity contribution >= 4 is 40.0 Å². The molecule has 0 saturated heterocycles. The van der Waals surface area contributed by atoms with E-state index in [9.17, 15) is 9.59 Å². The van der Waals surface area contributed by atoms with Gasteiger partial charge in [-0.05, 0) is 43.2 Å². The van der Waals surface area contributed by atoms with Crippen LogP contribution >= 0.6 is 23.4 Å². The lowest BCUT2D eigenvalue weighted by molar-refractivity contribution is -0.119. The van der Waals surface area contributed by atoms with E-state index < -0.39 is 0 Å². The molecule has 3 aromatic rings. The quantitative estimate of drug-likeness (QED) is 0.581. The minimum absolute atomic E-state index is 0.196. The predicted molar refractivity (Wildman–Crippen MR) is 112 cm³/mol. The van der Waals surface area contributed by atoms with Gasteiger partial charge in [-0.3, -0.25) is 14.2 Å². The van der Waals surface area contributed by atoms with Gasteiger partial charge >= 0.3 is 0 Å². The van der Waals surface area contributed by atoms with Crippen molar-refractivity contribution < 1.29 is 9.53 Å². The second-order valence-corrected chi connectivity index (χ2v) is 8.29. The fourth-order valence-corrected chi connectivity index (χ4v) is 4.84. The first-order chi connectivity index (χ1) is 13.6. The molecule has 144 valence electrons. The number of aromatic nitrogens is 2. The van der Waals surface area contributed by atoms with Crippen molar-refractivity contribution in [2.75, 3.05) is 7.11 Å². The van der Waals surface area contributed by atoms with E-state index in [1.165, 1.54) is 11.8 Å². The molecule has 0 aliphatic heterocycles. The fraction of sp³-hybridized carbons (Fsp3) is 0.286. The number of para-hydroxylation sites is 2. The molecular weight excluding hydrogens is 396 g/mol. The van der Waals surface area contributed by atoms with E-state index in [0.717, 1.165) is 19.3 Å². The Hall–Kier alpha value is -2.31. The van der Waals surface area contributed by atoms with Gasteiger partial charge in [0.2, 0.25) is 0 Å². The van der Waals surface area contributed by atoms with Gasteiger partial charge in [0.05, 0.1) is 29.0 Å². The number of hydrogen-bond acceptors (Lipinski definition) is 5. The average Bonchev–Trinajstić information content (AvgIpc) is 2.70. The maximum Gasteiger partial charge on any atom is 0.266 e. The molecule has 1 aliphatic rings. The SMILES string of the molecule is COc1ccccc1-n1c(S[C@H]2CCCCC2=O)nc2cc(Cl)ccc2c1=O. The van der Waals surface area contributed by atoms with Crippen LogP contribution in [0, 0.1) is 0 Å². The first-order valence-corrected chi connectivity index (χ1v) is 10.4. The Labute approximate surface area is 171 Å². The van der Waals surface area contributed by atoms with Crippen molar-refractivity contribution in [3.63, 3.8) is 0 Å². The number of thioether (sulfide) groups is 1. The van der Waals surface area contributed by atoms with Crippen LogP contribution in [0.15, 0.2) is 52.4 Å². The number of halogens is 1. The maximum atomic E-state index is 13.4. The standard InChI is InChI=1S/C21H19ClN2O3S/c1-27-18-8-4-2-6-16(18)24-20(26)14-11-10-13(22)12-15(14)23-21(24)28-19-9-5-3-7-17(19)25/h2,4,6,8,10-12,19H,3,5,7,9H2,1H3/t19-/m0/s1. The third-order valence-electron chi connectivity index (χ3n) is 4.87. The molecule has 0 unspecified atom stereocenters. The Kier molecular flexibility index (Phi) is 5.42. The number of fused-ring (bicyclic) bond motifs is 1. The van der Waals surface area contributed by atoms with Crippen LogP contribution in [0.2, 0.25) is 5.02 Å². The number of benzene rings is 2. The third-order valence-corrected chi connectivity index (χ3v) is 6.38. The van der Waals surface area contributed by atoms with Crippen LogP contribution in [0.3, 0.4) is 0 Å². The summed E-state index contributed by atoms with van der Waals surface area (Å²) in [5, 5.41) is 1.26. The number of carbonyl (C=O) groups excluding carboxylic acids is 1. The van der Waals surface area contributed by atoms with Crippen LogP contribution < -0.4 is 10.3 Å². The molecule has 28 heavy (non-hydrogen) atoms. The zero-order valence-electron chi connectivity index (χ0n) is 15.4. The van der Waals surface area contributed by atoms with Crippen molar-refractivity contribution in [1.29, 1.82) is 0 Å². The van der Waals surface area contributed by atoms with E-state index in [0.29, 0.717) is 38.9 Å². The van der Waals surface area contributed by atoms with Gasteiger partial charge in [0, 0.05) is 11.4 Å². The number of ether oxygens (including phenoxy) is 1. The van der Waals surface area contributed by atoms with Crippen LogP contribution in [0.25, 0.3) is 16.6 Å². The molecule has 0 bridgehead atoms. The molecule has 4 rings (SSSR count). The number of methoxy groups -OCH3 is 1. The topological polar surface area (TPSA) is 61.2 Å². The molecule has 1 aromatic heterocycles. The van der Waals surface area contributed by atoms with Gasteiger partial charge in [0.25, 0.3) is 5.56 Å². The van der Waals surface area contributed by atoms with Gasteiger partial charge in [-0.15, -0.1) is 0 Å². The summed E-state index contributed by atoms with van der Waals surface area (Å²) in [6, 6.07) is 12.3. The Morgan fingerprint density at radius 3 is 2.79 bits per heavy atom. The summed E-state index contributed by atoms with van der Waals surface area (Å²) in [5.41, 5.74) is 0.913. The lowest BCUT2D eigenvalue weighted by Crippen LogP contribution is -2.26. The number of rotatable bonds is 4. The van der Waals surface area contributed by atoms with Gasteiger partial charge in [0.15, 0.2) is 5.16 Å². The van der Waals surface area contributed by atoms with Crippen LogP contribution in [0.5, 0.6) is 5.75 Å². The van der Waals surface area contributed by atoms with E-state index in [4.69, 9.17) is 21.3 Å². The smallest absolute Gasteiger partial charge is 0.266 e. The minimum atomic E-state index is -0.211. The average molecular weight is 415 g/mol. The number of nitrogens with zero attached hydrogens (tertiary/aromatic N) is 2. The van der Waals surface area contributed by atoms with Crippen molar-refractivity contribution in [2.45, 2.75) is 36.1 Å². The van der Waals surface area contributed by atoms with E-state index in [-0.39, 0.29) is 16.6 Å². The predicted octanol–water partition coefficient (Wildman–Crippen LogP) is 4.65. The van der Waals surface area contributed by atoms with Crippen LogP contribution in [-0.4, -0.2) is 27.7 Å². The summed E-state index contributed by atoms with van der Waals surface area (Å²) in [4.78, 5) is 30.5. The zero-order chi connectivity index (χ0) is 19.7. The highest BCUT2D eigenvalue weighted by atomic mass is 35.5. The van der Waals surface area contributed by atoms with Crippen LogP contribution in [0.1, 0.15) is 25.7 Å². The van der Waals surface area contributed by atoms with Crippen molar-refractivity contribution in [1.82, 2.24) is 9.55 Å². The highest BCUT2D eigenvalue weighted by Crippen LogP contribution is 2.34. The first kappa shape index (κ1) is 19.0. The zero-order valence-corrected chi connectivity index (χ0v) is 16.9. The second kappa shape index (κ2) is 7.97. The lowest BCUT2D eigenvalue weighted by Gasteiger charge is -2.22. The number of ketones is 1. The van der Waals surface area contributed by atoms with E-state index in [1.807, 2.05) is 18.2 Å². The number of hydrogen-bond donors (Lipinski definition) is 0. The molecule has 1 heterocycles. The summed E-state index contributed by atoms with van der Waals surface area (Å²) in [6.07, 6.45) is 3.30. The molecular formula is C21H19ClN2O3S. The monoisotopic (exact) mass is 414 g/mol. The molecule has 1 saturated carbocycles. The van der Waals surface area contributed by atoms with Gasteiger partial charge in [-0.2, -0.15) is 0 Å². The highest BCUT2D eigenvalue weighted by Gasteiger charge is 2.26. The van der Waals surface area contributed by atoms with E-state index in [1.54, 1.807) is 35.9 Å². The first-order valence-electron chi connectivity index (χ1n) is 9.13. The lowest BCUT2D eigenvalue weighted by atomic mass is 9.99. The molecule has 1 atom stereocenters. The summed E-state index contributed by atoms with van der Waals surface area (Å²) in [6.45, 7) is 0. The summed E-state index contributed by atoms with van der Waals surface area (Å²) in [5.74, 6) is 0.778. The van der Waals surface area contributed by atoms with Gasteiger partial charge in [0.1, 0.15) is 11.5 Å². The maximum absolute atomic E-state index is 13.4. The Morgan fingerprint density at radius 1 is 1.18 bits per heavy atom. The summed E-state index contributed by atoms with van der Waals surface area (Å²) in [7, 11) is 1.57. The molecule has 0 amide bonds. The van der Waals surface area contributed by atoms with E-state index >= 15 is 0 Å². The fourth-order valence-electron chi connectivity index (χ4n) is 3.45. The van der Waals surface area contributed by atoms with Crippen molar-refractivity contribution in [3.8, 4) is 11.4 Å². The van der Waals surface area contributed by atoms with Gasteiger partial charge in [-0.1, -0.05) is 41.9 Å².